The molecule has 2 aromatic rings. The van der Waals surface area contributed by atoms with Crippen LogP contribution in [0, 0.1) is 0 Å². The van der Waals surface area contributed by atoms with Crippen molar-refractivity contribution in [2.24, 2.45) is 0 Å². The number of nitrogens with one attached hydrogen (secondary N) is 1. The summed E-state index contributed by atoms with van der Waals surface area (Å²) in [4.78, 5) is 23.4. The van der Waals surface area contributed by atoms with Crippen LogP contribution in [0.15, 0.2) is 30.3 Å². The number of methoxy groups -OCH3 is 1. The fourth-order valence-electron chi connectivity index (χ4n) is 1.35. The van der Waals surface area contributed by atoms with Gasteiger partial charge >= 0.3 is 5.97 Å². The summed E-state index contributed by atoms with van der Waals surface area (Å²) in [7, 11) is 1.22. The van der Waals surface area contributed by atoms with Crippen LogP contribution in [-0.4, -0.2) is 34.3 Å². The molecule has 0 spiro atoms. The SMILES string of the molecule is COC(=O)c1n[nH]nc1C(=O)c1ccccc1. The first-order valence-corrected chi connectivity index (χ1v) is 4.83. The summed E-state index contributed by atoms with van der Waals surface area (Å²) in [5.41, 5.74) is 0.288. The highest BCUT2D eigenvalue weighted by Crippen LogP contribution is 2.10. The van der Waals surface area contributed by atoms with Crippen LogP contribution in [0.5, 0.6) is 0 Å². The zero-order valence-corrected chi connectivity index (χ0v) is 9.01. The molecule has 2 rings (SSSR count). The molecule has 0 atom stereocenters. The van der Waals surface area contributed by atoms with Gasteiger partial charge in [0.05, 0.1) is 7.11 Å². The Kier molecular flexibility index (Phi) is 2.95. The lowest BCUT2D eigenvalue weighted by atomic mass is 10.1. The van der Waals surface area contributed by atoms with Crippen LogP contribution >= 0.6 is 0 Å². The summed E-state index contributed by atoms with van der Waals surface area (Å²) < 4.78 is 4.51. The van der Waals surface area contributed by atoms with E-state index in [0.717, 1.165) is 0 Å². The Morgan fingerprint density at radius 3 is 2.41 bits per heavy atom. The second-order valence-corrected chi connectivity index (χ2v) is 3.21. The van der Waals surface area contributed by atoms with Crippen molar-refractivity contribution in [2.45, 2.75) is 0 Å². The number of ether oxygens (including phenoxy) is 1. The maximum atomic E-state index is 12.0. The van der Waals surface area contributed by atoms with E-state index in [-0.39, 0.29) is 17.2 Å². The number of carbonyl (C=O) groups excluding carboxylic acids is 2. The number of nitrogens with zero attached hydrogens (tertiary/aromatic N) is 2. The number of esters is 1. The van der Waals surface area contributed by atoms with Crippen LogP contribution in [0.25, 0.3) is 0 Å². The molecule has 0 saturated heterocycles. The Morgan fingerprint density at radius 2 is 1.76 bits per heavy atom. The van der Waals surface area contributed by atoms with E-state index in [1.165, 1.54) is 7.11 Å². The number of aromatic nitrogens is 3. The van der Waals surface area contributed by atoms with Gasteiger partial charge in [0.25, 0.3) is 0 Å². The van der Waals surface area contributed by atoms with Crippen LogP contribution in [0.3, 0.4) is 0 Å². The van der Waals surface area contributed by atoms with Gasteiger partial charge in [0.2, 0.25) is 11.5 Å². The van der Waals surface area contributed by atoms with E-state index in [9.17, 15) is 9.59 Å². The first-order valence-electron chi connectivity index (χ1n) is 4.83. The highest BCUT2D eigenvalue weighted by atomic mass is 16.5. The number of hydrogen-bond donors (Lipinski definition) is 1. The number of carbonyl (C=O) groups is 2. The molecule has 86 valence electrons. The van der Waals surface area contributed by atoms with Crippen molar-refractivity contribution in [1.82, 2.24) is 15.4 Å². The maximum absolute atomic E-state index is 12.0. The van der Waals surface area contributed by atoms with E-state index in [2.05, 4.69) is 20.1 Å². The molecule has 1 N–H and O–H groups in total. The predicted molar refractivity (Wildman–Crippen MR) is 57.6 cm³/mol. The van der Waals surface area contributed by atoms with Gasteiger partial charge in [0, 0.05) is 5.56 Å². The van der Waals surface area contributed by atoms with E-state index in [4.69, 9.17) is 0 Å². The molecule has 0 aliphatic rings. The molecule has 0 fully saturated rings. The van der Waals surface area contributed by atoms with Crippen molar-refractivity contribution in [3.8, 4) is 0 Å². The Morgan fingerprint density at radius 1 is 1.12 bits per heavy atom. The molecule has 6 nitrogen and oxygen atoms in total. The molecule has 6 heteroatoms. The number of benzene rings is 1. The number of rotatable bonds is 3. The fourth-order valence-corrected chi connectivity index (χ4v) is 1.35. The Labute approximate surface area is 96.6 Å². The molecule has 17 heavy (non-hydrogen) atoms. The smallest absolute Gasteiger partial charge is 0.361 e. The lowest BCUT2D eigenvalue weighted by molar-refractivity contribution is 0.0590. The van der Waals surface area contributed by atoms with Gasteiger partial charge in [-0.25, -0.2) is 4.79 Å². The second kappa shape index (κ2) is 4.56. The van der Waals surface area contributed by atoms with Gasteiger partial charge in [-0.05, 0) is 0 Å². The van der Waals surface area contributed by atoms with Crippen molar-refractivity contribution in [3.63, 3.8) is 0 Å². The van der Waals surface area contributed by atoms with E-state index in [1.807, 2.05) is 0 Å². The van der Waals surface area contributed by atoms with Gasteiger partial charge in [0.15, 0.2) is 5.69 Å². The highest BCUT2D eigenvalue weighted by molar-refractivity contribution is 6.12. The third kappa shape index (κ3) is 2.05. The zero-order chi connectivity index (χ0) is 12.3. The molecular formula is C11H9N3O3. The summed E-state index contributed by atoms with van der Waals surface area (Å²) in [6.07, 6.45) is 0. The van der Waals surface area contributed by atoms with Gasteiger partial charge in [-0.2, -0.15) is 10.3 Å². The van der Waals surface area contributed by atoms with Crippen LogP contribution in [-0.2, 0) is 4.74 Å². The topological polar surface area (TPSA) is 84.9 Å². The van der Waals surface area contributed by atoms with Crippen molar-refractivity contribution >= 4 is 11.8 Å². The summed E-state index contributed by atoms with van der Waals surface area (Å²) >= 11 is 0. The molecule has 0 bridgehead atoms. The molecule has 0 radical (unpaired) electrons. The third-order valence-corrected chi connectivity index (χ3v) is 2.18. The molecule has 0 aliphatic carbocycles. The van der Waals surface area contributed by atoms with Crippen molar-refractivity contribution in [2.75, 3.05) is 7.11 Å². The molecule has 0 amide bonds. The average Bonchev–Trinajstić information content (AvgIpc) is 2.87. The third-order valence-electron chi connectivity index (χ3n) is 2.18. The first kappa shape index (κ1) is 11.0. The molecule has 0 unspecified atom stereocenters. The first-order chi connectivity index (χ1) is 8.24. The second-order valence-electron chi connectivity index (χ2n) is 3.21. The van der Waals surface area contributed by atoms with Gasteiger partial charge in [-0.15, -0.1) is 5.10 Å². The molecule has 1 aromatic heterocycles. The minimum Gasteiger partial charge on any atom is -0.464 e. The van der Waals surface area contributed by atoms with Gasteiger partial charge in [-0.3, -0.25) is 4.79 Å². The molecule has 0 saturated carbocycles. The normalized spacial score (nSPS) is 9.94. The number of ketones is 1. The summed E-state index contributed by atoms with van der Waals surface area (Å²) in [5.74, 6) is -1.07. The fraction of sp³-hybridized carbons (Fsp3) is 0.0909. The minimum atomic E-state index is -0.696. The highest BCUT2D eigenvalue weighted by Gasteiger charge is 2.23. The zero-order valence-electron chi connectivity index (χ0n) is 9.01. The quantitative estimate of drug-likeness (QED) is 0.624. The minimum absolute atomic E-state index is 0.0388. The summed E-state index contributed by atoms with van der Waals surface area (Å²) in [6.45, 7) is 0. The van der Waals surface area contributed by atoms with Crippen LogP contribution in [0.2, 0.25) is 0 Å². The largest absolute Gasteiger partial charge is 0.464 e. The Hall–Kier alpha value is -2.50. The van der Waals surface area contributed by atoms with Gasteiger partial charge < -0.3 is 4.74 Å². The van der Waals surface area contributed by atoms with Crippen LogP contribution in [0.4, 0.5) is 0 Å². The molecule has 0 aliphatic heterocycles. The predicted octanol–water partition coefficient (Wildman–Crippen LogP) is 0.822. The van der Waals surface area contributed by atoms with E-state index < -0.39 is 5.97 Å². The number of H-pyrrole nitrogens is 1. The van der Waals surface area contributed by atoms with Crippen molar-refractivity contribution in [1.29, 1.82) is 0 Å². The molecule has 1 aromatic carbocycles. The monoisotopic (exact) mass is 231 g/mol. The number of aromatic amines is 1. The van der Waals surface area contributed by atoms with Crippen molar-refractivity contribution in [3.05, 3.63) is 47.3 Å². The average molecular weight is 231 g/mol. The molecule has 1 heterocycles. The van der Waals surface area contributed by atoms with Crippen LogP contribution < -0.4 is 0 Å². The molecular weight excluding hydrogens is 222 g/mol. The lowest BCUT2D eigenvalue weighted by Crippen LogP contribution is -2.11. The van der Waals surface area contributed by atoms with E-state index >= 15 is 0 Å². The lowest BCUT2D eigenvalue weighted by Gasteiger charge is -1.98. The Bertz CT molecular complexity index is 548. The van der Waals surface area contributed by atoms with Crippen LogP contribution in [0.1, 0.15) is 26.5 Å². The standard InChI is InChI=1S/C11H9N3O3/c1-17-11(16)9-8(12-14-13-9)10(15)7-5-3-2-4-6-7/h2-6H,1H3,(H,12,13,14). The van der Waals surface area contributed by atoms with Gasteiger partial charge in [0.1, 0.15) is 0 Å². The van der Waals surface area contributed by atoms with Gasteiger partial charge in [-0.1, -0.05) is 30.3 Å². The maximum Gasteiger partial charge on any atom is 0.361 e. The summed E-state index contributed by atoms with van der Waals surface area (Å²) in [5, 5.41) is 9.52. The Balaban J connectivity index is 2.39. The summed E-state index contributed by atoms with van der Waals surface area (Å²) in [6, 6.07) is 8.52. The van der Waals surface area contributed by atoms with Crippen molar-refractivity contribution < 1.29 is 14.3 Å². The van der Waals surface area contributed by atoms with E-state index in [0.29, 0.717) is 5.56 Å². The van der Waals surface area contributed by atoms with E-state index in [1.54, 1.807) is 30.3 Å². The number of hydrogen-bond acceptors (Lipinski definition) is 5.